The number of benzene rings is 1. The van der Waals surface area contributed by atoms with Crippen LogP contribution in [0.4, 0.5) is 11.4 Å². The van der Waals surface area contributed by atoms with Crippen LogP contribution in [0, 0.1) is 22.5 Å². The highest BCUT2D eigenvalue weighted by Crippen LogP contribution is 2.23. The second-order valence-electron chi connectivity index (χ2n) is 3.54. The van der Waals surface area contributed by atoms with Gasteiger partial charge in [0.2, 0.25) is 5.91 Å². The molecule has 0 aliphatic heterocycles. The maximum Gasteiger partial charge on any atom is 0.337 e. The summed E-state index contributed by atoms with van der Waals surface area (Å²) < 4.78 is 0. The largest absolute Gasteiger partial charge is 0.478 e. The number of aromatic carboxylic acids is 1. The van der Waals surface area contributed by atoms with Gasteiger partial charge in [-0.25, -0.2) is 4.79 Å². The summed E-state index contributed by atoms with van der Waals surface area (Å²) in [6, 6.07) is 3.12. The van der Waals surface area contributed by atoms with E-state index in [9.17, 15) is 19.7 Å². The molecule has 7 nitrogen and oxygen atoms in total. The molecule has 0 aromatic heterocycles. The zero-order valence-electron chi connectivity index (χ0n) is 9.75. The van der Waals surface area contributed by atoms with Gasteiger partial charge >= 0.3 is 5.97 Å². The summed E-state index contributed by atoms with van der Waals surface area (Å²) in [7, 11) is 0. The van der Waals surface area contributed by atoms with Crippen LogP contribution in [0.15, 0.2) is 18.2 Å². The normalized spacial score (nSPS) is 9.42. The zero-order chi connectivity index (χ0) is 14.4. The van der Waals surface area contributed by atoms with Crippen molar-refractivity contribution in [3.63, 3.8) is 0 Å². The minimum absolute atomic E-state index is 0.0122. The van der Waals surface area contributed by atoms with Crippen molar-refractivity contribution in [2.45, 2.75) is 12.8 Å². The SMILES string of the molecule is C#CCCC(=O)Nc1cc([N+](=O)[O-])ccc1C(=O)O. The average Bonchev–Trinajstić information content (AvgIpc) is 2.35. The number of carboxylic acids is 1. The van der Waals surface area contributed by atoms with Crippen LogP contribution in [0.25, 0.3) is 0 Å². The number of carbonyl (C=O) groups excluding carboxylic acids is 1. The first-order chi connectivity index (χ1) is 8.95. The standard InChI is InChI=1S/C12H10N2O5/c1-2-3-4-11(15)13-10-7-8(14(18)19)5-6-9(10)12(16)17/h1,5-7H,3-4H2,(H,13,15)(H,16,17). The number of terminal acetylenes is 1. The number of nitrogens with zero attached hydrogens (tertiary/aromatic N) is 1. The number of hydrogen-bond donors (Lipinski definition) is 2. The van der Waals surface area contributed by atoms with Crippen LogP contribution < -0.4 is 5.32 Å². The summed E-state index contributed by atoms with van der Waals surface area (Å²) in [6.07, 6.45) is 5.21. The van der Waals surface area contributed by atoms with Crippen molar-refractivity contribution < 1.29 is 19.6 Å². The molecule has 0 saturated heterocycles. The Bertz CT molecular complexity index is 574. The number of nitrogens with one attached hydrogen (secondary N) is 1. The van der Waals surface area contributed by atoms with E-state index in [1.165, 1.54) is 0 Å². The molecule has 2 N–H and O–H groups in total. The summed E-state index contributed by atoms with van der Waals surface area (Å²) in [5.74, 6) is 0.477. The van der Waals surface area contributed by atoms with E-state index in [1.807, 2.05) is 0 Å². The summed E-state index contributed by atoms with van der Waals surface area (Å²) in [5, 5.41) is 21.8. The second kappa shape index (κ2) is 6.16. The number of non-ortho nitro benzene ring substituents is 1. The van der Waals surface area contributed by atoms with Crippen molar-refractivity contribution in [2.24, 2.45) is 0 Å². The fraction of sp³-hybridized carbons (Fsp3) is 0.167. The van der Waals surface area contributed by atoms with Gasteiger partial charge in [-0.15, -0.1) is 12.3 Å². The third kappa shape index (κ3) is 3.81. The lowest BCUT2D eigenvalue weighted by molar-refractivity contribution is -0.384. The Labute approximate surface area is 108 Å². The molecule has 0 bridgehead atoms. The molecule has 0 spiro atoms. The molecule has 19 heavy (non-hydrogen) atoms. The van der Waals surface area contributed by atoms with Crippen molar-refractivity contribution in [1.29, 1.82) is 0 Å². The quantitative estimate of drug-likeness (QED) is 0.476. The van der Waals surface area contributed by atoms with E-state index in [1.54, 1.807) is 0 Å². The van der Waals surface area contributed by atoms with E-state index in [-0.39, 0.29) is 29.8 Å². The lowest BCUT2D eigenvalue weighted by Crippen LogP contribution is -2.14. The first kappa shape index (κ1) is 14.2. The molecule has 0 aliphatic carbocycles. The predicted molar refractivity (Wildman–Crippen MR) is 66.8 cm³/mol. The molecular formula is C12H10N2O5. The Balaban J connectivity index is 3.05. The highest BCUT2D eigenvalue weighted by atomic mass is 16.6. The molecule has 0 unspecified atom stereocenters. The monoisotopic (exact) mass is 262 g/mol. The molecule has 0 aliphatic rings. The third-order valence-electron chi connectivity index (χ3n) is 2.21. The van der Waals surface area contributed by atoms with Crippen molar-refractivity contribution >= 4 is 23.3 Å². The molecule has 98 valence electrons. The van der Waals surface area contributed by atoms with Gasteiger partial charge in [0.1, 0.15) is 0 Å². The lowest BCUT2D eigenvalue weighted by Gasteiger charge is -2.07. The molecular weight excluding hydrogens is 252 g/mol. The van der Waals surface area contributed by atoms with Crippen molar-refractivity contribution in [3.8, 4) is 12.3 Å². The van der Waals surface area contributed by atoms with Gasteiger partial charge in [-0.2, -0.15) is 0 Å². The van der Waals surface area contributed by atoms with Crippen LogP contribution in [0.2, 0.25) is 0 Å². The molecule has 1 amide bonds. The van der Waals surface area contributed by atoms with Gasteiger partial charge in [-0.1, -0.05) is 0 Å². The van der Waals surface area contributed by atoms with Gasteiger partial charge in [-0.05, 0) is 6.07 Å². The van der Waals surface area contributed by atoms with Crippen molar-refractivity contribution in [2.75, 3.05) is 5.32 Å². The van der Waals surface area contributed by atoms with Crippen LogP contribution in [0.5, 0.6) is 0 Å². The van der Waals surface area contributed by atoms with E-state index in [0.717, 1.165) is 18.2 Å². The van der Waals surface area contributed by atoms with Crippen LogP contribution in [-0.4, -0.2) is 21.9 Å². The first-order valence-corrected chi connectivity index (χ1v) is 5.20. The Kier molecular flexibility index (Phi) is 4.60. The smallest absolute Gasteiger partial charge is 0.337 e. The maximum atomic E-state index is 11.5. The summed E-state index contributed by atoms with van der Waals surface area (Å²) in [6.45, 7) is 0. The Hall–Kier alpha value is -2.88. The van der Waals surface area contributed by atoms with Crippen LogP contribution in [0.3, 0.4) is 0 Å². The number of nitro benzene ring substituents is 1. The molecule has 7 heteroatoms. The van der Waals surface area contributed by atoms with E-state index < -0.39 is 16.8 Å². The van der Waals surface area contributed by atoms with Crippen molar-refractivity contribution in [3.05, 3.63) is 33.9 Å². The highest BCUT2D eigenvalue weighted by molar-refractivity contribution is 6.01. The number of anilines is 1. The summed E-state index contributed by atoms with van der Waals surface area (Å²) >= 11 is 0. The number of nitro groups is 1. The minimum Gasteiger partial charge on any atom is -0.478 e. The fourth-order valence-corrected chi connectivity index (χ4v) is 1.33. The molecule has 0 heterocycles. The number of carboxylic acid groups (broad SMARTS) is 1. The van der Waals surface area contributed by atoms with Crippen molar-refractivity contribution in [1.82, 2.24) is 0 Å². The van der Waals surface area contributed by atoms with E-state index in [4.69, 9.17) is 11.5 Å². The molecule has 1 aromatic carbocycles. The molecule has 1 aromatic rings. The predicted octanol–water partition coefficient (Wildman–Crippen LogP) is 1.64. The topological polar surface area (TPSA) is 110 Å². The van der Waals surface area contributed by atoms with Crippen LogP contribution in [0.1, 0.15) is 23.2 Å². The highest BCUT2D eigenvalue weighted by Gasteiger charge is 2.16. The average molecular weight is 262 g/mol. The lowest BCUT2D eigenvalue weighted by atomic mass is 10.1. The Morgan fingerprint density at radius 3 is 2.68 bits per heavy atom. The van der Waals surface area contributed by atoms with E-state index in [2.05, 4.69) is 11.2 Å². The van der Waals surface area contributed by atoms with Crippen LogP contribution >= 0.6 is 0 Å². The second-order valence-corrected chi connectivity index (χ2v) is 3.54. The molecule has 0 fully saturated rings. The van der Waals surface area contributed by atoms with Gasteiger partial charge in [0.15, 0.2) is 0 Å². The fourth-order valence-electron chi connectivity index (χ4n) is 1.33. The first-order valence-electron chi connectivity index (χ1n) is 5.20. The Morgan fingerprint density at radius 1 is 1.47 bits per heavy atom. The van der Waals surface area contributed by atoms with E-state index >= 15 is 0 Å². The number of rotatable bonds is 5. The Morgan fingerprint density at radius 2 is 2.16 bits per heavy atom. The maximum absolute atomic E-state index is 11.5. The molecule has 0 atom stereocenters. The number of amides is 1. The zero-order valence-corrected chi connectivity index (χ0v) is 9.75. The van der Waals surface area contributed by atoms with E-state index in [0.29, 0.717) is 0 Å². The summed E-state index contributed by atoms with van der Waals surface area (Å²) in [5.41, 5.74) is -0.652. The van der Waals surface area contributed by atoms with Gasteiger partial charge in [0.25, 0.3) is 5.69 Å². The summed E-state index contributed by atoms with van der Waals surface area (Å²) in [4.78, 5) is 32.3. The van der Waals surface area contributed by atoms with Gasteiger partial charge in [-0.3, -0.25) is 14.9 Å². The van der Waals surface area contributed by atoms with Gasteiger partial charge < -0.3 is 10.4 Å². The van der Waals surface area contributed by atoms with Gasteiger partial charge in [0, 0.05) is 25.0 Å². The minimum atomic E-state index is -1.29. The van der Waals surface area contributed by atoms with Crippen LogP contribution in [-0.2, 0) is 4.79 Å². The third-order valence-corrected chi connectivity index (χ3v) is 2.21. The molecule has 0 saturated carbocycles. The van der Waals surface area contributed by atoms with Gasteiger partial charge in [0.05, 0.1) is 16.2 Å². The number of hydrogen-bond acceptors (Lipinski definition) is 4. The number of carbonyl (C=O) groups is 2. The molecule has 0 radical (unpaired) electrons. The molecule has 1 rings (SSSR count).